The minimum atomic E-state index is -6.34. The lowest BCUT2D eigenvalue weighted by Gasteiger charge is -2.41. The Balaban J connectivity index is 2.60. The Morgan fingerprint density at radius 1 is 1.06 bits per heavy atom. The molecule has 2 aromatic carbocycles. The molecule has 3 rings (SSSR count). The molecular formula is C20H14ClF5O7. The van der Waals surface area contributed by atoms with Crippen LogP contribution >= 0.6 is 11.6 Å². The number of alkyl halides is 5. The third-order valence-corrected chi connectivity index (χ3v) is 5.44. The Labute approximate surface area is 187 Å². The van der Waals surface area contributed by atoms with Gasteiger partial charge >= 0.3 is 29.8 Å². The van der Waals surface area contributed by atoms with Gasteiger partial charge in [0.1, 0.15) is 22.6 Å². The molecule has 0 aromatic heterocycles. The first-order valence-electron chi connectivity index (χ1n) is 8.85. The van der Waals surface area contributed by atoms with E-state index in [9.17, 15) is 41.8 Å². The second-order valence-corrected chi connectivity index (χ2v) is 7.38. The molecule has 1 unspecified atom stereocenters. The first kappa shape index (κ1) is 24.5. The Hall–Kier alpha value is -3.12. The maximum atomic E-state index is 14.7. The molecule has 2 N–H and O–H groups in total. The van der Waals surface area contributed by atoms with Crippen molar-refractivity contribution in [3.05, 3.63) is 45.5 Å². The normalized spacial score (nSPS) is 17.5. The lowest BCUT2D eigenvalue weighted by Crippen LogP contribution is -2.59. The average Bonchev–Trinajstić information content (AvgIpc) is 2.73. The SMILES string of the molecule is COC(=O)c1cc2c(c(C(=O)OC)c1O)-c1cc(Cl)c(C)cc1OC2(O)C(F)(F)C(F)(F)F. The van der Waals surface area contributed by atoms with Gasteiger partial charge in [0.25, 0.3) is 0 Å². The largest absolute Gasteiger partial charge is 0.506 e. The van der Waals surface area contributed by atoms with E-state index in [4.69, 9.17) is 16.3 Å². The number of phenols is 1. The highest BCUT2D eigenvalue weighted by Crippen LogP contribution is 2.57. The highest BCUT2D eigenvalue weighted by atomic mass is 35.5. The number of benzene rings is 2. The third-order valence-electron chi connectivity index (χ3n) is 5.03. The maximum absolute atomic E-state index is 14.7. The van der Waals surface area contributed by atoms with Crippen LogP contribution in [-0.2, 0) is 15.3 Å². The van der Waals surface area contributed by atoms with E-state index in [2.05, 4.69) is 9.47 Å². The minimum absolute atomic E-state index is 0.0105. The number of aromatic hydroxyl groups is 1. The van der Waals surface area contributed by atoms with Crippen LogP contribution in [0.15, 0.2) is 18.2 Å². The summed E-state index contributed by atoms with van der Waals surface area (Å²) in [5, 5.41) is 21.3. The number of rotatable bonds is 3. The summed E-state index contributed by atoms with van der Waals surface area (Å²) in [7, 11) is 1.65. The quantitative estimate of drug-likeness (QED) is 0.482. The number of carbonyl (C=O) groups excluding carboxylic acids is 2. The molecule has 0 spiro atoms. The molecule has 1 heterocycles. The number of phenolic OH excluding ortho intramolecular Hbond substituents is 1. The number of fused-ring (bicyclic) bond motifs is 3. The van der Waals surface area contributed by atoms with Crippen LogP contribution in [0.5, 0.6) is 11.5 Å². The zero-order valence-electron chi connectivity index (χ0n) is 16.9. The van der Waals surface area contributed by atoms with E-state index in [1.165, 1.54) is 6.92 Å². The monoisotopic (exact) mass is 496 g/mol. The van der Waals surface area contributed by atoms with Gasteiger partial charge in [0.2, 0.25) is 0 Å². The van der Waals surface area contributed by atoms with Crippen molar-refractivity contribution in [2.45, 2.75) is 24.8 Å². The molecule has 0 amide bonds. The lowest BCUT2D eigenvalue weighted by atomic mass is 9.82. The van der Waals surface area contributed by atoms with Crippen LogP contribution in [0.1, 0.15) is 31.8 Å². The van der Waals surface area contributed by atoms with Gasteiger partial charge in [-0.2, -0.15) is 22.0 Å². The van der Waals surface area contributed by atoms with Crippen molar-refractivity contribution in [3.8, 4) is 22.6 Å². The summed E-state index contributed by atoms with van der Waals surface area (Å²) in [6.45, 7) is 1.38. The second-order valence-electron chi connectivity index (χ2n) is 6.97. The van der Waals surface area contributed by atoms with Gasteiger partial charge < -0.3 is 24.4 Å². The Morgan fingerprint density at radius 3 is 2.15 bits per heavy atom. The van der Waals surface area contributed by atoms with Gasteiger partial charge in [-0.05, 0) is 30.7 Å². The van der Waals surface area contributed by atoms with Gasteiger partial charge in [-0.15, -0.1) is 0 Å². The Kier molecular flexibility index (Phi) is 5.75. The topological polar surface area (TPSA) is 102 Å². The zero-order valence-corrected chi connectivity index (χ0v) is 17.7. The summed E-state index contributed by atoms with van der Waals surface area (Å²) < 4.78 is 83.1. The fraction of sp³-hybridized carbons (Fsp3) is 0.300. The van der Waals surface area contributed by atoms with Crippen molar-refractivity contribution < 1.29 is 56.0 Å². The fourth-order valence-electron chi connectivity index (χ4n) is 3.36. The summed E-state index contributed by atoms with van der Waals surface area (Å²) in [4.78, 5) is 24.6. The molecule has 1 atom stereocenters. The molecule has 0 saturated carbocycles. The lowest BCUT2D eigenvalue weighted by molar-refractivity contribution is -0.392. The van der Waals surface area contributed by atoms with Crippen LogP contribution < -0.4 is 4.74 Å². The van der Waals surface area contributed by atoms with Crippen LogP contribution in [0.4, 0.5) is 22.0 Å². The van der Waals surface area contributed by atoms with Gasteiger partial charge in [0.05, 0.1) is 14.2 Å². The van der Waals surface area contributed by atoms with E-state index in [-0.39, 0.29) is 16.1 Å². The number of hydrogen-bond donors (Lipinski definition) is 2. The van der Waals surface area contributed by atoms with Gasteiger partial charge in [0.15, 0.2) is 0 Å². The van der Waals surface area contributed by atoms with E-state index >= 15 is 0 Å². The van der Waals surface area contributed by atoms with E-state index < -0.39 is 63.6 Å². The molecule has 33 heavy (non-hydrogen) atoms. The van der Waals surface area contributed by atoms with E-state index in [1.807, 2.05) is 0 Å². The molecule has 0 bridgehead atoms. The van der Waals surface area contributed by atoms with E-state index in [0.717, 1.165) is 26.4 Å². The predicted octanol–water partition coefficient (Wildman–Crippen LogP) is 4.33. The standard InChI is InChI=1S/C20H14ClF5O7/c1-7-4-12-8(6-11(7)21)13-10(18(30,33-12)19(22,23)20(24,25)26)5-9(16(28)31-2)15(27)14(13)17(29)32-3/h4-6,27,30H,1-3H3. The van der Waals surface area contributed by atoms with Gasteiger partial charge in [-0.3, -0.25) is 0 Å². The van der Waals surface area contributed by atoms with Crippen molar-refractivity contribution in [3.63, 3.8) is 0 Å². The molecule has 2 aromatic rings. The van der Waals surface area contributed by atoms with Crippen LogP contribution in [0.2, 0.25) is 5.02 Å². The summed E-state index contributed by atoms with van der Waals surface area (Å²) in [5.41, 5.74) is -4.30. The van der Waals surface area contributed by atoms with Crippen molar-refractivity contribution in [1.82, 2.24) is 0 Å². The number of halogens is 6. The number of esters is 2. The molecule has 0 fully saturated rings. The summed E-state index contributed by atoms with van der Waals surface area (Å²) in [6, 6.07) is 2.35. The highest BCUT2D eigenvalue weighted by molar-refractivity contribution is 6.31. The number of carbonyl (C=O) groups is 2. The number of aliphatic hydroxyl groups is 1. The molecule has 7 nitrogen and oxygen atoms in total. The molecule has 0 radical (unpaired) electrons. The number of hydrogen-bond acceptors (Lipinski definition) is 7. The minimum Gasteiger partial charge on any atom is -0.506 e. The molecule has 0 saturated heterocycles. The predicted molar refractivity (Wildman–Crippen MR) is 101 cm³/mol. The van der Waals surface area contributed by atoms with Crippen molar-refractivity contribution in [2.24, 2.45) is 0 Å². The van der Waals surface area contributed by atoms with Crippen LogP contribution in [-0.4, -0.2) is 48.5 Å². The molecule has 178 valence electrons. The van der Waals surface area contributed by atoms with Gasteiger partial charge in [0, 0.05) is 21.7 Å². The van der Waals surface area contributed by atoms with Crippen molar-refractivity contribution >= 4 is 23.5 Å². The zero-order chi connectivity index (χ0) is 25.1. The summed E-state index contributed by atoms with van der Waals surface area (Å²) in [6.07, 6.45) is -6.34. The highest BCUT2D eigenvalue weighted by Gasteiger charge is 2.74. The Bertz CT molecular complexity index is 1180. The van der Waals surface area contributed by atoms with E-state index in [0.29, 0.717) is 6.07 Å². The van der Waals surface area contributed by atoms with Crippen LogP contribution in [0.25, 0.3) is 11.1 Å². The smallest absolute Gasteiger partial charge is 0.460 e. The van der Waals surface area contributed by atoms with Gasteiger partial charge in [-0.25, -0.2) is 9.59 Å². The van der Waals surface area contributed by atoms with Crippen LogP contribution in [0.3, 0.4) is 0 Å². The first-order chi connectivity index (χ1) is 15.1. The number of ether oxygens (including phenoxy) is 3. The number of methoxy groups -OCH3 is 2. The summed E-state index contributed by atoms with van der Waals surface area (Å²) in [5.74, 6) is -15.1. The Morgan fingerprint density at radius 2 is 1.64 bits per heavy atom. The fourth-order valence-corrected chi connectivity index (χ4v) is 3.52. The van der Waals surface area contributed by atoms with Crippen LogP contribution in [0, 0.1) is 6.92 Å². The number of aryl methyl sites for hydroxylation is 1. The van der Waals surface area contributed by atoms with Crippen molar-refractivity contribution in [1.29, 1.82) is 0 Å². The molecule has 1 aliphatic heterocycles. The summed E-state index contributed by atoms with van der Waals surface area (Å²) >= 11 is 6.06. The third kappa shape index (κ3) is 3.44. The second kappa shape index (κ2) is 7.73. The van der Waals surface area contributed by atoms with Gasteiger partial charge in [-0.1, -0.05) is 11.6 Å². The molecule has 1 aliphatic rings. The van der Waals surface area contributed by atoms with Crippen molar-refractivity contribution in [2.75, 3.05) is 14.2 Å². The first-order valence-corrected chi connectivity index (χ1v) is 9.23. The van der Waals surface area contributed by atoms with E-state index in [1.54, 1.807) is 0 Å². The molecular weight excluding hydrogens is 483 g/mol. The molecule has 13 heteroatoms. The molecule has 0 aliphatic carbocycles. The maximum Gasteiger partial charge on any atom is 0.460 e. The average molecular weight is 497 g/mol.